The van der Waals surface area contributed by atoms with Crippen LogP contribution in [0.5, 0.6) is 5.75 Å². The molecule has 5 N–H and O–H groups in total. The number of carboxylic acids is 1. The van der Waals surface area contributed by atoms with Crippen molar-refractivity contribution in [2.75, 3.05) is 18.8 Å². The van der Waals surface area contributed by atoms with Gasteiger partial charge in [0.05, 0.1) is 11.5 Å². The molecule has 17 nitrogen and oxygen atoms in total. The fraction of sp³-hybridized carbons (Fsp3) is 0.600. The Morgan fingerprint density at radius 3 is 2.34 bits per heavy atom. The molecule has 1 aromatic rings. The normalized spacial score (nSPS) is 19.5. The maximum absolute atomic E-state index is 12.9. The Hall–Kier alpha value is -4.39. The molecule has 3 rings (SSSR count). The summed E-state index contributed by atoms with van der Waals surface area (Å²) in [6.07, 6.45) is 1.73. The van der Waals surface area contributed by atoms with Gasteiger partial charge in [0, 0.05) is 44.5 Å². The van der Waals surface area contributed by atoms with Crippen LogP contribution in [0.2, 0.25) is 0 Å². The minimum Gasteiger partial charge on any atom is -0.479 e. The molecule has 4 unspecified atom stereocenters. The van der Waals surface area contributed by atoms with Crippen LogP contribution >= 0.6 is 0 Å². The first-order chi connectivity index (χ1) is 24.8. The first-order valence-electron chi connectivity index (χ1n) is 17.4. The van der Waals surface area contributed by atoms with E-state index < -0.39 is 81.4 Å². The number of hydrogen-bond acceptors (Lipinski definition) is 12. The average Bonchev–Trinajstić information content (AvgIpc) is 3.38. The summed E-state index contributed by atoms with van der Waals surface area (Å²) < 4.78 is 49.5. The third kappa shape index (κ3) is 14.9. The highest BCUT2D eigenvalue weighted by Crippen LogP contribution is 2.27. The molecule has 2 heterocycles. The Labute approximate surface area is 308 Å². The molecule has 0 bridgehead atoms. The summed E-state index contributed by atoms with van der Waals surface area (Å²) in [7, 11) is -4.64. The zero-order valence-electron chi connectivity index (χ0n) is 30.1. The lowest BCUT2D eigenvalue weighted by molar-refractivity contribution is -0.195. The number of aliphatic hydroxyl groups is 1. The van der Waals surface area contributed by atoms with Crippen LogP contribution in [0.4, 0.5) is 0 Å². The molecule has 1 fully saturated rings. The van der Waals surface area contributed by atoms with Crippen LogP contribution in [0, 0.1) is 5.41 Å². The lowest BCUT2D eigenvalue weighted by atomic mass is 9.97. The number of benzene rings is 1. The Bertz CT molecular complexity index is 1620. The fourth-order valence-electron chi connectivity index (χ4n) is 5.47. The zero-order valence-corrected chi connectivity index (χ0v) is 30.9. The van der Waals surface area contributed by atoms with Crippen molar-refractivity contribution in [2.45, 2.75) is 110 Å². The molecule has 1 saturated heterocycles. The highest BCUT2D eigenvalue weighted by Gasteiger charge is 2.34. The predicted molar refractivity (Wildman–Crippen MR) is 186 cm³/mol. The summed E-state index contributed by atoms with van der Waals surface area (Å²) in [5.74, 6) is -4.55. The van der Waals surface area contributed by atoms with Gasteiger partial charge in [-0.2, -0.15) is 8.42 Å². The number of nitrogens with one attached hydrogen (secondary N) is 2. The van der Waals surface area contributed by atoms with Gasteiger partial charge in [-0.15, -0.1) is 0 Å². The standard InChI is InChI=1S/C35H49N3O14S/c1-35(2,3)34(46)50-20-23-11-12-25(51-31-19-24(39)18-27(52-31)33(44)45)17-22(23)9-6-7-15-36-32(43)26(21-53(47,48)49)37-28(40)10-5-4-8-16-38-29(41)13-14-30(38)42/h11-14,17,24,26-27,31,39H,4-10,15-16,18-21H2,1-3H3,(H,36,43)(H,37,40)(H,44,45)(H,47,48,49). The number of aliphatic carboxylic acids is 1. The number of imide groups is 1. The summed E-state index contributed by atoms with van der Waals surface area (Å²) in [4.78, 5) is 73.6. The van der Waals surface area contributed by atoms with Gasteiger partial charge in [0.25, 0.3) is 21.9 Å². The number of ether oxygens (including phenoxy) is 3. The van der Waals surface area contributed by atoms with Crippen molar-refractivity contribution in [1.29, 1.82) is 0 Å². The second kappa shape index (κ2) is 19.6. The molecule has 0 aliphatic carbocycles. The van der Waals surface area contributed by atoms with E-state index in [1.807, 2.05) is 0 Å². The van der Waals surface area contributed by atoms with Gasteiger partial charge in [-0.3, -0.25) is 33.4 Å². The van der Waals surface area contributed by atoms with E-state index in [-0.39, 0.29) is 39.0 Å². The molecular formula is C35H49N3O14S. The zero-order chi connectivity index (χ0) is 39.3. The topological polar surface area (TPSA) is 252 Å². The third-order valence-corrected chi connectivity index (χ3v) is 9.10. The van der Waals surface area contributed by atoms with Crippen molar-refractivity contribution in [3.63, 3.8) is 0 Å². The lowest BCUT2D eigenvalue weighted by Gasteiger charge is -2.31. The van der Waals surface area contributed by atoms with E-state index >= 15 is 0 Å². The molecule has 0 radical (unpaired) electrons. The van der Waals surface area contributed by atoms with Crippen molar-refractivity contribution < 1.29 is 66.2 Å². The molecule has 1 aromatic carbocycles. The molecule has 0 spiro atoms. The lowest BCUT2D eigenvalue weighted by Crippen LogP contribution is -2.50. The summed E-state index contributed by atoms with van der Waals surface area (Å²) in [6.45, 7) is 5.43. The van der Waals surface area contributed by atoms with Crippen LogP contribution in [0.1, 0.15) is 83.3 Å². The Kier molecular flexibility index (Phi) is 15.9. The minimum atomic E-state index is -4.64. The smallest absolute Gasteiger partial charge is 0.333 e. The average molecular weight is 768 g/mol. The fourth-order valence-corrected chi connectivity index (χ4v) is 6.13. The first-order valence-corrected chi connectivity index (χ1v) is 19.0. The molecule has 4 atom stereocenters. The van der Waals surface area contributed by atoms with E-state index in [2.05, 4.69) is 10.6 Å². The van der Waals surface area contributed by atoms with E-state index in [1.165, 1.54) is 12.2 Å². The molecule has 0 aromatic heterocycles. The van der Waals surface area contributed by atoms with E-state index in [1.54, 1.807) is 39.0 Å². The van der Waals surface area contributed by atoms with Gasteiger partial charge in [0.15, 0.2) is 6.10 Å². The second-order valence-corrected chi connectivity index (χ2v) is 15.5. The van der Waals surface area contributed by atoms with Gasteiger partial charge < -0.3 is 35.1 Å². The van der Waals surface area contributed by atoms with E-state index in [4.69, 9.17) is 14.2 Å². The number of amides is 4. The highest BCUT2D eigenvalue weighted by molar-refractivity contribution is 7.85. The number of aryl methyl sites for hydroxylation is 1. The van der Waals surface area contributed by atoms with Gasteiger partial charge in [0.2, 0.25) is 18.1 Å². The Balaban J connectivity index is 1.54. The Morgan fingerprint density at radius 1 is 1.00 bits per heavy atom. The van der Waals surface area contributed by atoms with Crippen LogP contribution < -0.4 is 15.4 Å². The van der Waals surface area contributed by atoms with Crippen LogP contribution in [0.15, 0.2) is 30.4 Å². The second-order valence-electron chi connectivity index (χ2n) is 14.0. The van der Waals surface area contributed by atoms with Crippen molar-refractivity contribution in [3.8, 4) is 5.75 Å². The van der Waals surface area contributed by atoms with E-state index in [0.717, 1.165) is 10.5 Å². The van der Waals surface area contributed by atoms with Crippen molar-refractivity contribution in [1.82, 2.24) is 15.5 Å². The predicted octanol–water partition coefficient (Wildman–Crippen LogP) is 1.40. The van der Waals surface area contributed by atoms with Gasteiger partial charge in [-0.25, -0.2) is 4.79 Å². The summed E-state index contributed by atoms with van der Waals surface area (Å²) in [5.41, 5.74) is 0.677. The summed E-state index contributed by atoms with van der Waals surface area (Å²) in [6, 6.07) is 3.46. The summed E-state index contributed by atoms with van der Waals surface area (Å²) >= 11 is 0. The number of carboxylic acid groups (broad SMARTS) is 1. The molecule has 0 saturated carbocycles. The number of rotatable bonds is 20. The van der Waals surface area contributed by atoms with E-state index in [9.17, 15) is 52.0 Å². The number of hydrogen-bond donors (Lipinski definition) is 5. The number of unbranched alkanes of at least 4 members (excludes halogenated alkanes) is 3. The molecule has 53 heavy (non-hydrogen) atoms. The van der Waals surface area contributed by atoms with Crippen LogP contribution in [0.25, 0.3) is 0 Å². The maximum Gasteiger partial charge on any atom is 0.333 e. The number of nitrogens with zero attached hydrogens (tertiary/aromatic N) is 1. The third-order valence-electron chi connectivity index (χ3n) is 8.35. The van der Waals surface area contributed by atoms with Crippen molar-refractivity contribution in [3.05, 3.63) is 41.5 Å². The number of carbonyl (C=O) groups is 6. The largest absolute Gasteiger partial charge is 0.479 e. The van der Waals surface area contributed by atoms with E-state index in [0.29, 0.717) is 49.8 Å². The number of esters is 1. The molecule has 2 aliphatic heterocycles. The van der Waals surface area contributed by atoms with Gasteiger partial charge in [-0.05, 0) is 76.1 Å². The van der Waals surface area contributed by atoms with Crippen molar-refractivity contribution in [2.24, 2.45) is 5.41 Å². The quantitative estimate of drug-likeness (QED) is 0.0545. The minimum absolute atomic E-state index is 0.0333. The SMILES string of the molecule is CC(C)(C)C(=O)OCc1ccc(OC2CC(O)CC(C(=O)O)O2)cc1CCCCNC(=O)C(CS(=O)(=O)O)NC(=O)CCCCCN1C(=O)C=CC1=O. The monoisotopic (exact) mass is 767 g/mol. The maximum atomic E-state index is 12.9. The first kappa shape index (κ1) is 43.0. The Morgan fingerprint density at radius 2 is 1.70 bits per heavy atom. The van der Waals surface area contributed by atoms with Crippen molar-refractivity contribution >= 4 is 45.7 Å². The number of aliphatic hydroxyl groups excluding tert-OH is 1. The molecule has 294 valence electrons. The summed E-state index contributed by atoms with van der Waals surface area (Å²) in [5, 5.41) is 24.4. The molecular weight excluding hydrogens is 718 g/mol. The van der Waals surface area contributed by atoms with Crippen LogP contribution in [0.3, 0.4) is 0 Å². The molecule has 18 heteroatoms. The molecule has 4 amide bonds. The van der Waals surface area contributed by atoms with Gasteiger partial charge in [0.1, 0.15) is 24.2 Å². The van der Waals surface area contributed by atoms with Crippen LogP contribution in [-0.2, 0) is 61.4 Å². The molecule has 2 aliphatic rings. The highest BCUT2D eigenvalue weighted by atomic mass is 32.2. The van der Waals surface area contributed by atoms with Crippen LogP contribution in [-0.4, -0.2) is 107 Å². The van der Waals surface area contributed by atoms with Gasteiger partial charge in [-0.1, -0.05) is 12.5 Å². The van der Waals surface area contributed by atoms with Gasteiger partial charge >= 0.3 is 11.9 Å². The number of carbonyl (C=O) groups excluding carboxylic acids is 5.